The summed E-state index contributed by atoms with van der Waals surface area (Å²) in [5.41, 5.74) is 3.12. The normalized spacial score (nSPS) is 11.7. The predicted octanol–water partition coefficient (Wildman–Crippen LogP) is 3.17. The largest absolute Gasteiger partial charge is 0.345 e. The number of hydrogen-bond acceptors (Lipinski definition) is 1. The lowest BCUT2D eigenvalue weighted by Gasteiger charge is -2.08. The molecule has 0 saturated heterocycles. The van der Waals surface area contributed by atoms with Crippen molar-refractivity contribution in [1.29, 1.82) is 0 Å². The topological polar surface area (TPSA) is 17.0 Å². The monoisotopic (exact) mass is 248 g/mol. The van der Waals surface area contributed by atoms with Crippen molar-refractivity contribution in [2.75, 3.05) is 6.54 Å². The van der Waals surface area contributed by atoms with E-state index in [1.807, 2.05) is 17.7 Å². The highest BCUT2D eigenvalue weighted by atomic mass is 19.1. The van der Waals surface area contributed by atoms with Crippen molar-refractivity contribution in [2.45, 2.75) is 33.2 Å². The molecule has 0 radical (unpaired) electrons. The van der Waals surface area contributed by atoms with Gasteiger partial charge in [-0.05, 0) is 31.5 Å². The standard InChI is InChI=1S/C15H21FN2/c1-10(2)17-9-8-12-11(3)18(4)15-13(12)6-5-7-14(15)16/h5-7,10,17H,8-9H2,1-4H3. The summed E-state index contributed by atoms with van der Waals surface area (Å²) < 4.78 is 15.8. The van der Waals surface area contributed by atoms with Crippen molar-refractivity contribution < 1.29 is 4.39 Å². The number of fused-ring (bicyclic) bond motifs is 1. The van der Waals surface area contributed by atoms with Crippen LogP contribution in [0.25, 0.3) is 10.9 Å². The van der Waals surface area contributed by atoms with Gasteiger partial charge < -0.3 is 9.88 Å². The van der Waals surface area contributed by atoms with Gasteiger partial charge in [-0.1, -0.05) is 26.0 Å². The van der Waals surface area contributed by atoms with Crippen molar-refractivity contribution in [3.63, 3.8) is 0 Å². The molecule has 2 rings (SSSR count). The Morgan fingerprint density at radius 3 is 2.72 bits per heavy atom. The molecule has 0 aliphatic rings. The van der Waals surface area contributed by atoms with Crippen LogP contribution in [0.3, 0.4) is 0 Å². The summed E-state index contributed by atoms with van der Waals surface area (Å²) in [7, 11) is 1.93. The number of benzene rings is 1. The molecule has 1 aromatic heterocycles. The van der Waals surface area contributed by atoms with E-state index >= 15 is 0 Å². The zero-order valence-electron chi connectivity index (χ0n) is 11.5. The van der Waals surface area contributed by atoms with Crippen LogP contribution in [-0.2, 0) is 13.5 Å². The average molecular weight is 248 g/mol. The van der Waals surface area contributed by atoms with Crippen molar-refractivity contribution in [3.05, 3.63) is 35.3 Å². The third-order valence-electron chi connectivity index (χ3n) is 3.51. The van der Waals surface area contributed by atoms with Crippen LogP contribution in [0.1, 0.15) is 25.1 Å². The maximum Gasteiger partial charge on any atom is 0.147 e. The second-order valence-corrected chi connectivity index (χ2v) is 5.12. The second-order valence-electron chi connectivity index (χ2n) is 5.12. The Balaban J connectivity index is 2.38. The molecular formula is C15H21FN2. The molecule has 98 valence electrons. The van der Waals surface area contributed by atoms with E-state index in [0.29, 0.717) is 6.04 Å². The van der Waals surface area contributed by atoms with E-state index in [4.69, 9.17) is 0 Å². The molecule has 2 aromatic rings. The van der Waals surface area contributed by atoms with Gasteiger partial charge in [-0.25, -0.2) is 4.39 Å². The highest BCUT2D eigenvalue weighted by molar-refractivity contribution is 5.86. The molecule has 1 aromatic carbocycles. The van der Waals surface area contributed by atoms with E-state index in [0.717, 1.165) is 29.6 Å². The SMILES string of the molecule is Cc1c(CCNC(C)C)c2cccc(F)c2n1C. The number of aromatic nitrogens is 1. The molecule has 0 aliphatic carbocycles. The molecule has 0 bridgehead atoms. The minimum absolute atomic E-state index is 0.138. The molecule has 2 nitrogen and oxygen atoms in total. The van der Waals surface area contributed by atoms with Crippen molar-refractivity contribution in [2.24, 2.45) is 7.05 Å². The average Bonchev–Trinajstić information content (AvgIpc) is 2.55. The molecule has 1 N–H and O–H groups in total. The Labute approximate surface area is 108 Å². The molecule has 0 amide bonds. The van der Waals surface area contributed by atoms with Gasteiger partial charge in [0.25, 0.3) is 0 Å². The van der Waals surface area contributed by atoms with Crippen LogP contribution in [0.4, 0.5) is 4.39 Å². The van der Waals surface area contributed by atoms with Gasteiger partial charge in [-0.3, -0.25) is 0 Å². The lowest BCUT2D eigenvalue weighted by Crippen LogP contribution is -2.25. The van der Waals surface area contributed by atoms with Gasteiger partial charge >= 0.3 is 0 Å². The fraction of sp³-hybridized carbons (Fsp3) is 0.467. The first-order valence-corrected chi connectivity index (χ1v) is 6.48. The molecule has 0 saturated carbocycles. The summed E-state index contributed by atoms with van der Waals surface area (Å²) in [6.07, 6.45) is 0.935. The first-order chi connectivity index (χ1) is 8.52. The van der Waals surface area contributed by atoms with Gasteiger partial charge in [0.05, 0.1) is 5.52 Å². The molecular weight excluding hydrogens is 227 g/mol. The van der Waals surface area contributed by atoms with Crippen LogP contribution >= 0.6 is 0 Å². The number of halogens is 1. The molecule has 1 heterocycles. The smallest absolute Gasteiger partial charge is 0.147 e. The first kappa shape index (κ1) is 13.1. The second kappa shape index (κ2) is 5.11. The summed E-state index contributed by atoms with van der Waals surface area (Å²) in [6.45, 7) is 7.25. The highest BCUT2D eigenvalue weighted by Crippen LogP contribution is 2.27. The van der Waals surface area contributed by atoms with Gasteiger partial charge in [0.2, 0.25) is 0 Å². The van der Waals surface area contributed by atoms with Crippen LogP contribution in [0, 0.1) is 12.7 Å². The van der Waals surface area contributed by atoms with Crippen LogP contribution < -0.4 is 5.32 Å². The Morgan fingerprint density at radius 2 is 2.06 bits per heavy atom. The third-order valence-corrected chi connectivity index (χ3v) is 3.51. The third kappa shape index (κ3) is 2.27. The Hall–Kier alpha value is -1.35. The molecule has 3 heteroatoms. The zero-order chi connectivity index (χ0) is 13.3. The van der Waals surface area contributed by atoms with Crippen LogP contribution in [0.5, 0.6) is 0 Å². The molecule has 0 atom stereocenters. The highest BCUT2D eigenvalue weighted by Gasteiger charge is 2.14. The number of nitrogens with zero attached hydrogens (tertiary/aromatic N) is 1. The number of aryl methyl sites for hydroxylation is 1. The summed E-state index contributed by atoms with van der Waals surface area (Å²) in [5, 5.41) is 4.45. The van der Waals surface area contributed by atoms with E-state index in [-0.39, 0.29) is 5.82 Å². The summed E-state index contributed by atoms with van der Waals surface area (Å²) in [5.74, 6) is -0.138. The number of rotatable bonds is 4. The van der Waals surface area contributed by atoms with E-state index in [1.165, 1.54) is 11.6 Å². The lowest BCUT2D eigenvalue weighted by molar-refractivity contribution is 0.590. The minimum Gasteiger partial charge on any atom is -0.345 e. The van der Waals surface area contributed by atoms with Gasteiger partial charge in [0.1, 0.15) is 5.82 Å². The number of nitrogens with one attached hydrogen (secondary N) is 1. The van der Waals surface area contributed by atoms with Crippen LogP contribution in [-0.4, -0.2) is 17.2 Å². The van der Waals surface area contributed by atoms with E-state index < -0.39 is 0 Å². The summed E-state index contributed by atoms with van der Waals surface area (Å²) in [6, 6.07) is 5.81. The quantitative estimate of drug-likeness (QED) is 0.879. The molecule has 0 unspecified atom stereocenters. The molecule has 0 aliphatic heterocycles. The van der Waals surface area contributed by atoms with Crippen LogP contribution in [0.15, 0.2) is 18.2 Å². The van der Waals surface area contributed by atoms with Crippen molar-refractivity contribution in [3.8, 4) is 0 Å². The predicted molar refractivity (Wildman–Crippen MR) is 74.5 cm³/mol. The lowest BCUT2D eigenvalue weighted by atomic mass is 10.1. The number of hydrogen-bond donors (Lipinski definition) is 1. The zero-order valence-corrected chi connectivity index (χ0v) is 11.5. The Morgan fingerprint density at radius 1 is 1.33 bits per heavy atom. The fourth-order valence-corrected chi connectivity index (χ4v) is 2.47. The van der Waals surface area contributed by atoms with E-state index in [9.17, 15) is 4.39 Å². The van der Waals surface area contributed by atoms with E-state index in [1.54, 1.807) is 6.07 Å². The van der Waals surface area contributed by atoms with Crippen LogP contribution in [0.2, 0.25) is 0 Å². The van der Waals surface area contributed by atoms with E-state index in [2.05, 4.69) is 26.1 Å². The number of para-hydroxylation sites is 1. The minimum atomic E-state index is -0.138. The Bertz CT molecular complexity index is 555. The molecule has 0 spiro atoms. The molecule has 18 heavy (non-hydrogen) atoms. The van der Waals surface area contributed by atoms with Crippen molar-refractivity contribution >= 4 is 10.9 Å². The maximum absolute atomic E-state index is 13.9. The van der Waals surface area contributed by atoms with Gasteiger partial charge in [-0.2, -0.15) is 0 Å². The van der Waals surface area contributed by atoms with Gasteiger partial charge in [-0.15, -0.1) is 0 Å². The van der Waals surface area contributed by atoms with Gasteiger partial charge in [0.15, 0.2) is 0 Å². The van der Waals surface area contributed by atoms with Gasteiger partial charge in [0, 0.05) is 24.2 Å². The fourth-order valence-electron chi connectivity index (χ4n) is 2.47. The Kier molecular flexibility index (Phi) is 3.71. The molecule has 0 fully saturated rings. The van der Waals surface area contributed by atoms with Crippen molar-refractivity contribution in [1.82, 2.24) is 9.88 Å². The first-order valence-electron chi connectivity index (χ1n) is 6.48. The summed E-state index contributed by atoms with van der Waals surface area (Å²) >= 11 is 0. The summed E-state index contributed by atoms with van der Waals surface area (Å²) in [4.78, 5) is 0. The maximum atomic E-state index is 13.9.